The van der Waals surface area contributed by atoms with Gasteiger partial charge >= 0.3 is 11.6 Å². The summed E-state index contributed by atoms with van der Waals surface area (Å²) in [6, 6.07) is 13.1. The minimum Gasteiger partial charge on any atom is -0.479 e. The Morgan fingerprint density at radius 3 is 2.61 bits per heavy atom. The van der Waals surface area contributed by atoms with Crippen LogP contribution in [0, 0.1) is 13.8 Å². The van der Waals surface area contributed by atoms with E-state index in [-0.39, 0.29) is 6.01 Å². The number of carboxylic acid groups (broad SMARTS) is 1. The number of hydrogen-bond donors (Lipinski definition) is 2. The minimum atomic E-state index is -1.10. The Kier molecular flexibility index (Phi) is 5.49. The van der Waals surface area contributed by atoms with Crippen molar-refractivity contribution in [3.63, 3.8) is 0 Å². The van der Waals surface area contributed by atoms with Crippen LogP contribution >= 0.6 is 0 Å². The van der Waals surface area contributed by atoms with Crippen LogP contribution in [0.2, 0.25) is 0 Å². The second kappa shape index (κ2) is 8.39. The number of carbonyl (C=O) groups is 1. The fraction of sp³-hybridized carbons (Fsp3) is 0.167. The summed E-state index contributed by atoms with van der Waals surface area (Å²) in [6.45, 7) is 3.84. The van der Waals surface area contributed by atoms with E-state index in [1.54, 1.807) is 42.7 Å². The van der Waals surface area contributed by atoms with Gasteiger partial charge in [-0.3, -0.25) is 4.98 Å². The molecule has 1 atom stereocenters. The molecule has 0 aliphatic rings. The molecule has 2 N–H and O–H groups in total. The predicted molar refractivity (Wildman–Crippen MR) is 117 cm³/mol. The first kappa shape index (κ1) is 20.3. The number of hydrogen-bond acceptors (Lipinski definition) is 6. The Balaban J connectivity index is 1.75. The first-order chi connectivity index (χ1) is 14.9. The van der Waals surface area contributed by atoms with Crippen molar-refractivity contribution in [2.45, 2.75) is 26.3 Å². The highest BCUT2D eigenvalue weighted by Gasteiger charge is 2.22. The standard InChI is InChI=1S/C24H21N3O4/c1-14-11-19-20(15(2)18(14)12-16-7-6-10-25-13-16)23(30)31-24(26-19)27-21(22(28)29)17-8-4-3-5-9-17/h3-11,13,21H,12H2,1-2H3,(H,26,27)(H,28,29). The molecule has 0 aliphatic carbocycles. The third kappa shape index (κ3) is 4.16. The lowest BCUT2D eigenvalue weighted by atomic mass is 9.94. The Labute approximate surface area is 178 Å². The maximum absolute atomic E-state index is 12.8. The Morgan fingerprint density at radius 2 is 1.94 bits per heavy atom. The van der Waals surface area contributed by atoms with Gasteiger partial charge in [-0.1, -0.05) is 36.4 Å². The van der Waals surface area contributed by atoms with E-state index in [0.29, 0.717) is 22.9 Å². The number of anilines is 1. The van der Waals surface area contributed by atoms with Crippen molar-refractivity contribution < 1.29 is 14.3 Å². The summed E-state index contributed by atoms with van der Waals surface area (Å²) < 4.78 is 5.37. The van der Waals surface area contributed by atoms with E-state index >= 15 is 0 Å². The van der Waals surface area contributed by atoms with Crippen molar-refractivity contribution in [1.82, 2.24) is 9.97 Å². The highest BCUT2D eigenvalue weighted by molar-refractivity contribution is 5.84. The third-order valence-electron chi connectivity index (χ3n) is 5.28. The van der Waals surface area contributed by atoms with Crippen LogP contribution < -0.4 is 10.9 Å². The van der Waals surface area contributed by atoms with E-state index < -0.39 is 17.6 Å². The molecule has 156 valence electrons. The molecule has 31 heavy (non-hydrogen) atoms. The number of nitrogens with zero attached hydrogens (tertiary/aromatic N) is 2. The smallest absolute Gasteiger partial charge is 0.348 e. The molecule has 0 fully saturated rings. The van der Waals surface area contributed by atoms with E-state index in [4.69, 9.17) is 4.42 Å². The zero-order chi connectivity index (χ0) is 22.0. The summed E-state index contributed by atoms with van der Waals surface area (Å²) in [5.41, 5.74) is 4.26. The normalized spacial score (nSPS) is 11.9. The lowest BCUT2D eigenvalue weighted by molar-refractivity contribution is -0.138. The largest absolute Gasteiger partial charge is 0.479 e. The number of fused-ring (bicyclic) bond motifs is 1. The minimum absolute atomic E-state index is 0.132. The number of aliphatic carboxylic acids is 1. The molecule has 7 nitrogen and oxygen atoms in total. The van der Waals surface area contributed by atoms with Gasteiger partial charge in [0.1, 0.15) is 0 Å². The molecule has 0 saturated heterocycles. The number of aryl methyl sites for hydroxylation is 2. The van der Waals surface area contributed by atoms with Crippen LogP contribution in [0.15, 0.2) is 70.1 Å². The van der Waals surface area contributed by atoms with Crippen LogP contribution in [0.4, 0.5) is 6.01 Å². The molecule has 4 rings (SSSR count). The van der Waals surface area contributed by atoms with Gasteiger partial charge in [0.25, 0.3) is 6.01 Å². The number of nitrogens with one attached hydrogen (secondary N) is 1. The van der Waals surface area contributed by atoms with Gasteiger partial charge in [0.05, 0.1) is 10.9 Å². The molecule has 0 bridgehead atoms. The van der Waals surface area contributed by atoms with Crippen molar-refractivity contribution in [2.24, 2.45) is 0 Å². The van der Waals surface area contributed by atoms with Crippen LogP contribution in [0.1, 0.15) is 33.9 Å². The molecule has 2 heterocycles. The topological polar surface area (TPSA) is 105 Å². The van der Waals surface area contributed by atoms with Crippen molar-refractivity contribution >= 4 is 22.9 Å². The van der Waals surface area contributed by atoms with Crippen LogP contribution in [0.25, 0.3) is 10.9 Å². The molecule has 1 unspecified atom stereocenters. The number of pyridine rings is 1. The van der Waals surface area contributed by atoms with E-state index in [2.05, 4.69) is 15.3 Å². The van der Waals surface area contributed by atoms with Crippen molar-refractivity contribution in [2.75, 3.05) is 5.32 Å². The van der Waals surface area contributed by atoms with Gasteiger partial charge in [0.2, 0.25) is 0 Å². The maximum atomic E-state index is 12.8. The van der Waals surface area contributed by atoms with Crippen LogP contribution in [0.3, 0.4) is 0 Å². The molecule has 0 radical (unpaired) electrons. The number of aromatic nitrogens is 2. The first-order valence-corrected chi connectivity index (χ1v) is 9.81. The molecule has 7 heteroatoms. The fourth-order valence-corrected chi connectivity index (χ4v) is 3.72. The summed E-state index contributed by atoms with van der Waals surface area (Å²) in [5, 5.41) is 12.7. The van der Waals surface area contributed by atoms with Crippen LogP contribution in [-0.4, -0.2) is 21.0 Å². The summed E-state index contributed by atoms with van der Waals surface area (Å²) in [4.78, 5) is 33.1. The number of rotatable bonds is 6. The van der Waals surface area contributed by atoms with Gasteiger partial charge in [-0.25, -0.2) is 9.59 Å². The summed E-state index contributed by atoms with van der Waals surface area (Å²) in [6.07, 6.45) is 4.15. The van der Waals surface area contributed by atoms with E-state index in [9.17, 15) is 14.7 Å². The number of benzene rings is 2. The second-order valence-corrected chi connectivity index (χ2v) is 7.36. The highest BCUT2D eigenvalue weighted by atomic mass is 16.4. The lowest BCUT2D eigenvalue weighted by Crippen LogP contribution is -2.22. The van der Waals surface area contributed by atoms with E-state index in [1.807, 2.05) is 32.0 Å². The molecule has 0 aliphatic heterocycles. The molecule has 4 aromatic rings. The Morgan fingerprint density at radius 1 is 1.16 bits per heavy atom. The van der Waals surface area contributed by atoms with Gasteiger partial charge in [-0.15, -0.1) is 0 Å². The zero-order valence-corrected chi connectivity index (χ0v) is 17.1. The van der Waals surface area contributed by atoms with Gasteiger partial charge in [-0.2, -0.15) is 4.98 Å². The Hall–Kier alpha value is -4.00. The molecular weight excluding hydrogens is 394 g/mol. The van der Waals surface area contributed by atoms with Crippen molar-refractivity contribution in [1.29, 1.82) is 0 Å². The quantitative estimate of drug-likeness (QED) is 0.490. The maximum Gasteiger partial charge on any atom is 0.348 e. The summed E-state index contributed by atoms with van der Waals surface area (Å²) in [7, 11) is 0. The summed E-state index contributed by atoms with van der Waals surface area (Å²) in [5.74, 6) is -1.10. The Bertz CT molecular complexity index is 1300. The lowest BCUT2D eigenvalue weighted by Gasteiger charge is -2.16. The molecule has 2 aromatic heterocycles. The fourth-order valence-electron chi connectivity index (χ4n) is 3.72. The molecule has 0 spiro atoms. The summed E-state index contributed by atoms with van der Waals surface area (Å²) >= 11 is 0. The van der Waals surface area contributed by atoms with Crippen LogP contribution in [0.5, 0.6) is 0 Å². The van der Waals surface area contributed by atoms with Crippen LogP contribution in [-0.2, 0) is 11.2 Å². The van der Waals surface area contributed by atoms with Crippen molar-refractivity contribution in [3.05, 3.63) is 99.2 Å². The highest BCUT2D eigenvalue weighted by Crippen LogP contribution is 2.26. The predicted octanol–water partition coefficient (Wildman–Crippen LogP) is 4.03. The van der Waals surface area contributed by atoms with Gasteiger partial charge in [-0.05, 0) is 60.2 Å². The zero-order valence-electron chi connectivity index (χ0n) is 17.1. The number of carboxylic acids is 1. The molecule has 0 amide bonds. The van der Waals surface area contributed by atoms with Crippen molar-refractivity contribution in [3.8, 4) is 0 Å². The third-order valence-corrected chi connectivity index (χ3v) is 5.28. The second-order valence-electron chi connectivity index (χ2n) is 7.36. The van der Waals surface area contributed by atoms with E-state index in [0.717, 1.165) is 22.3 Å². The van der Waals surface area contributed by atoms with Gasteiger partial charge < -0.3 is 14.8 Å². The monoisotopic (exact) mass is 415 g/mol. The SMILES string of the molecule is Cc1cc2nc(NC(C(=O)O)c3ccccc3)oc(=O)c2c(C)c1Cc1cccnc1. The molecule has 2 aromatic carbocycles. The van der Waals surface area contributed by atoms with Gasteiger partial charge in [0.15, 0.2) is 6.04 Å². The molecular formula is C24H21N3O4. The molecule has 0 saturated carbocycles. The average Bonchev–Trinajstić information content (AvgIpc) is 2.75. The average molecular weight is 415 g/mol. The van der Waals surface area contributed by atoms with Gasteiger partial charge in [0, 0.05) is 12.4 Å². The first-order valence-electron chi connectivity index (χ1n) is 9.81. The van der Waals surface area contributed by atoms with E-state index in [1.165, 1.54) is 0 Å².